The SMILES string of the molecule is CC(N)c1ccc(N2CCC(O)CC2)cc1. The molecule has 3 nitrogen and oxygen atoms in total. The van der Waals surface area contributed by atoms with Crippen LogP contribution in [0.3, 0.4) is 0 Å². The van der Waals surface area contributed by atoms with Crippen LogP contribution < -0.4 is 10.6 Å². The minimum Gasteiger partial charge on any atom is -0.393 e. The standard InChI is InChI=1S/C13H20N2O/c1-10(14)11-2-4-12(5-3-11)15-8-6-13(16)7-9-15/h2-5,10,13,16H,6-9,14H2,1H3. The summed E-state index contributed by atoms with van der Waals surface area (Å²) in [6.45, 7) is 3.88. The Morgan fingerprint density at radius 3 is 2.31 bits per heavy atom. The van der Waals surface area contributed by atoms with E-state index in [4.69, 9.17) is 5.73 Å². The highest BCUT2D eigenvalue weighted by Gasteiger charge is 2.16. The Bertz CT molecular complexity index is 326. The number of nitrogens with two attached hydrogens (primary N) is 1. The van der Waals surface area contributed by atoms with Crippen molar-refractivity contribution in [3.63, 3.8) is 0 Å². The molecule has 16 heavy (non-hydrogen) atoms. The molecule has 1 unspecified atom stereocenters. The molecule has 0 aliphatic carbocycles. The number of piperidine rings is 1. The Kier molecular flexibility index (Phi) is 3.46. The molecule has 0 saturated carbocycles. The molecular weight excluding hydrogens is 200 g/mol. The van der Waals surface area contributed by atoms with Gasteiger partial charge >= 0.3 is 0 Å². The van der Waals surface area contributed by atoms with Crippen molar-refractivity contribution in [2.24, 2.45) is 5.73 Å². The Morgan fingerprint density at radius 1 is 1.25 bits per heavy atom. The van der Waals surface area contributed by atoms with Crippen molar-refractivity contribution in [3.8, 4) is 0 Å². The van der Waals surface area contributed by atoms with Gasteiger partial charge in [0.05, 0.1) is 6.10 Å². The summed E-state index contributed by atoms with van der Waals surface area (Å²) in [6, 6.07) is 8.51. The number of aliphatic hydroxyl groups excluding tert-OH is 1. The van der Waals surface area contributed by atoms with Crippen molar-refractivity contribution in [1.82, 2.24) is 0 Å². The summed E-state index contributed by atoms with van der Waals surface area (Å²) in [5.41, 5.74) is 8.21. The molecule has 0 bridgehead atoms. The Balaban J connectivity index is 2.04. The molecule has 1 aliphatic heterocycles. The molecule has 0 amide bonds. The fourth-order valence-electron chi connectivity index (χ4n) is 2.11. The molecular formula is C13H20N2O. The lowest BCUT2D eigenvalue weighted by atomic mass is 10.1. The highest BCUT2D eigenvalue weighted by Crippen LogP contribution is 2.21. The van der Waals surface area contributed by atoms with Crippen LogP contribution in [-0.4, -0.2) is 24.3 Å². The van der Waals surface area contributed by atoms with E-state index < -0.39 is 0 Å². The molecule has 1 fully saturated rings. The molecule has 3 N–H and O–H groups in total. The summed E-state index contributed by atoms with van der Waals surface area (Å²) < 4.78 is 0. The van der Waals surface area contributed by atoms with Gasteiger partial charge in [-0.15, -0.1) is 0 Å². The maximum atomic E-state index is 9.45. The van der Waals surface area contributed by atoms with Crippen LogP contribution in [0.2, 0.25) is 0 Å². The predicted octanol–water partition coefficient (Wildman–Crippen LogP) is 1.67. The molecule has 0 aromatic heterocycles. The summed E-state index contributed by atoms with van der Waals surface area (Å²) in [5.74, 6) is 0. The summed E-state index contributed by atoms with van der Waals surface area (Å²) in [6.07, 6.45) is 1.63. The molecule has 1 aromatic rings. The second kappa shape index (κ2) is 4.85. The van der Waals surface area contributed by atoms with Gasteiger partial charge in [0.15, 0.2) is 0 Å². The quantitative estimate of drug-likeness (QED) is 0.797. The number of nitrogens with zero attached hydrogens (tertiary/aromatic N) is 1. The predicted molar refractivity (Wildman–Crippen MR) is 66.5 cm³/mol. The van der Waals surface area contributed by atoms with E-state index in [1.807, 2.05) is 6.92 Å². The van der Waals surface area contributed by atoms with Gasteiger partial charge in [0, 0.05) is 24.8 Å². The molecule has 2 rings (SSSR count). The number of hydrogen-bond acceptors (Lipinski definition) is 3. The van der Waals surface area contributed by atoms with Crippen LogP contribution in [0.1, 0.15) is 31.4 Å². The van der Waals surface area contributed by atoms with Gasteiger partial charge in [-0.25, -0.2) is 0 Å². The first-order valence-electron chi connectivity index (χ1n) is 5.95. The zero-order valence-corrected chi connectivity index (χ0v) is 9.76. The van der Waals surface area contributed by atoms with Gasteiger partial charge < -0.3 is 15.7 Å². The fraction of sp³-hybridized carbons (Fsp3) is 0.538. The summed E-state index contributed by atoms with van der Waals surface area (Å²) in [7, 11) is 0. The van der Waals surface area contributed by atoms with Crippen LogP contribution in [0.4, 0.5) is 5.69 Å². The van der Waals surface area contributed by atoms with Crippen LogP contribution in [0.15, 0.2) is 24.3 Å². The minimum absolute atomic E-state index is 0.0947. The third-order valence-electron chi connectivity index (χ3n) is 3.25. The minimum atomic E-state index is -0.111. The molecule has 1 atom stereocenters. The average molecular weight is 220 g/mol. The van der Waals surface area contributed by atoms with Crippen LogP contribution in [-0.2, 0) is 0 Å². The lowest BCUT2D eigenvalue weighted by Crippen LogP contribution is -2.35. The average Bonchev–Trinajstić information content (AvgIpc) is 2.30. The highest BCUT2D eigenvalue weighted by atomic mass is 16.3. The molecule has 1 aromatic carbocycles. The van der Waals surface area contributed by atoms with Gasteiger partial charge in [-0.1, -0.05) is 12.1 Å². The normalized spacial score (nSPS) is 19.8. The van der Waals surface area contributed by atoms with Crippen LogP contribution in [0.5, 0.6) is 0 Å². The van der Waals surface area contributed by atoms with E-state index in [1.54, 1.807) is 0 Å². The van der Waals surface area contributed by atoms with Crippen molar-refractivity contribution in [1.29, 1.82) is 0 Å². The second-order valence-corrected chi connectivity index (χ2v) is 4.60. The topological polar surface area (TPSA) is 49.5 Å². The van der Waals surface area contributed by atoms with Crippen LogP contribution in [0, 0.1) is 0 Å². The molecule has 1 heterocycles. The van der Waals surface area contributed by atoms with E-state index in [0.29, 0.717) is 0 Å². The van der Waals surface area contributed by atoms with E-state index in [9.17, 15) is 5.11 Å². The highest BCUT2D eigenvalue weighted by molar-refractivity contribution is 5.48. The first kappa shape index (κ1) is 11.4. The Hall–Kier alpha value is -1.06. The molecule has 1 aliphatic rings. The van der Waals surface area contributed by atoms with Crippen molar-refractivity contribution in [3.05, 3.63) is 29.8 Å². The van der Waals surface area contributed by atoms with Crippen molar-refractivity contribution >= 4 is 5.69 Å². The molecule has 1 saturated heterocycles. The third-order valence-corrected chi connectivity index (χ3v) is 3.25. The van der Waals surface area contributed by atoms with Gasteiger partial charge in [0.1, 0.15) is 0 Å². The smallest absolute Gasteiger partial charge is 0.0574 e. The van der Waals surface area contributed by atoms with Gasteiger partial charge in [-0.2, -0.15) is 0 Å². The number of benzene rings is 1. The molecule has 0 radical (unpaired) electrons. The van der Waals surface area contributed by atoms with Crippen molar-refractivity contribution in [2.45, 2.75) is 31.9 Å². The van der Waals surface area contributed by atoms with E-state index in [2.05, 4.69) is 29.2 Å². The summed E-state index contributed by atoms with van der Waals surface area (Å²) in [5, 5.41) is 9.45. The second-order valence-electron chi connectivity index (χ2n) is 4.60. The van der Waals surface area contributed by atoms with Gasteiger partial charge in [0.25, 0.3) is 0 Å². The zero-order chi connectivity index (χ0) is 11.5. The van der Waals surface area contributed by atoms with E-state index in [0.717, 1.165) is 25.9 Å². The lowest BCUT2D eigenvalue weighted by molar-refractivity contribution is 0.145. The van der Waals surface area contributed by atoms with E-state index in [1.165, 1.54) is 11.3 Å². The van der Waals surface area contributed by atoms with Gasteiger partial charge in [-0.05, 0) is 37.5 Å². The maximum absolute atomic E-state index is 9.45. The zero-order valence-electron chi connectivity index (χ0n) is 9.76. The number of aliphatic hydroxyl groups is 1. The first-order chi connectivity index (χ1) is 7.66. The van der Waals surface area contributed by atoms with Crippen molar-refractivity contribution in [2.75, 3.05) is 18.0 Å². The Labute approximate surface area is 96.9 Å². The van der Waals surface area contributed by atoms with Crippen LogP contribution in [0.25, 0.3) is 0 Å². The van der Waals surface area contributed by atoms with Gasteiger partial charge in [0.2, 0.25) is 0 Å². The third kappa shape index (κ3) is 2.54. The monoisotopic (exact) mass is 220 g/mol. The van der Waals surface area contributed by atoms with Crippen LogP contribution >= 0.6 is 0 Å². The largest absolute Gasteiger partial charge is 0.393 e. The molecule has 3 heteroatoms. The van der Waals surface area contributed by atoms with Gasteiger partial charge in [-0.3, -0.25) is 0 Å². The summed E-state index contributed by atoms with van der Waals surface area (Å²) >= 11 is 0. The summed E-state index contributed by atoms with van der Waals surface area (Å²) in [4.78, 5) is 2.32. The lowest BCUT2D eigenvalue weighted by Gasteiger charge is -2.31. The van der Waals surface area contributed by atoms with Crippen molar-refractivity contribution < 1.29 is 5.11 Å². The number of anilines is 1. The number of hydrogen-bond donors (Lipinski definition) is 2. The fourth-order valence-corrected chi connectivity index (χ4v) is 2.11. The van der Waals surface area contributed by atoms with E-state index in [-0.39, 0.29) is 12.1 Å². The molecule has 88 valence electrons. The maximum Gasteiger partial charge on any atom is 0.0574 e. The van der Waals surface area contributed by atoms with E-state index >= 15 is 0 Å². The first-order valence-corrected chi connectivity index (χ1v) is 5.95. The Morgan fingerprint density at radius 2 is 1.81 bits per heavy atom. The number of rotatable bonds is 2. The molecule has 0 spiro atoms.